The Balaban J connectivity index is 2.06. The van der Waals surface area contributed by atoms with E-state index in [0.717, 1.165) is 4.47 Å². The normalized spacial score (nSPS) is 12.2. The lowest BCUT2D eigenvalue weighted by Crippen LogP contribution is -2.29. The van der Waals surface area contributed by atoms with Gasteiger partial charge in [-0.1, -0.05) is 15.9 Å². The smallest absolute Gasteiger partial charge is 0.255 e. The Labute approximate surface area is 137 Å². The molecule has 22 heavy (non-hydrogen) atoms. The number of ether oxygens (including phenoxy) is 1. The van der Waals surface area contributed by atoms with Gasteiger partial charge in [0.15, 0.2) is 0 Å². The Bertz CT molecular complexity index is 625. The molecule has 0 saturated carbocycles. The maximum absolute atomic E-state index is 12.3. The molecule has 2 rings (SSSR count). The van der Waals surface area contributed by atoms with Crippen LogP contribution in [0.2, 0.25) is 0 Å². The first-order valence-corrected chi connectivity index (χ1v) is 7.72. The molecule has 6 heteroatoms. The molecule has 1 heterocycles. The Morgan fingerprint density at radius 3 is 2.82 bits per heavy atom. The fourth-order valence-corrected chi connectivity index (χ4v) is 2.24. The molecule has 1 aromatic heterocycles. The summed E-state index contributed by atoms with van der Waals surface area (Å²) in [5.41, 5.74) is 0.420. The number of aliphatic hydroxyl groups excluding tert-OH is 1. The van der Waals surface area contributed by atoms with Crippen LogP contribution < -0.4 is 10.1 Å². The summed E-state index contributed by atoms with van der Waals surface area (Å²) < 4.78 is 11.6. The van der Waals surface area contributed by atoms with Gasteiger partial charge in [0.1, 0.15) is 17.6 Å². The Morgan fingerprint density at radius 2 is 2.18 bits per heavy atom. The van der Waals surface area contributed by atoms with Gasteiger partial charge in [-0.3, -0.25) is 4.79 Å². The van der Waals surface area contributed by atoms with Gasteiger partial charge in [-0.25, -0.2) is 0 Å². The monoisotopic (exact) mass is 367 g/mol. The number of benzene rings is 1. The van der Waals surface area contributed by atoms with E-state index in [9.17, 15) is 9.90 Å². The number of halogens is 1. The van der Waals surface area contributed by atoms with Gasteiger partial charge in [0.05, 0.1) is 24.5 Å². The molecular formula is C16H18BrNO4. The zero-order chi connectivity index (χ0) is 16.1. The summed E-state index contributed by atoms with van der Waals surface area (Å²) in [6.07, 6.45) is 0.544. The number of rotatable bonds is 6. The molecule has 0 aliphatic heterocycles. The van der Waals surface area contributed by atoms with Crippen molar-refractivity contribution in [3.8, 4) is 5.75 Å². The number of nitrogens with one attached hydrogen (secondary N) is 1. The van der Waals surface area contributed by atoms with Gasteiger partial charge >= 0.3 is 0 Å². The lowest BCUT2D eigenvalue weighted by molar-refractivity contribution is 0.0895. The van der Waals surface area contributed by atoms with E-state index in [-0.39, 0.29) is 18.6 Å². The van der Waals surface area contributed by atoms with E-state index in [4.69, 9.17) is 9.15 Å². The molecule has 118 valence electrons. The second-order valence-corrected chi connectivity index (χ2v) is 5.96. The summed E-state index contributed by atoms with van der Waals surface area (Å²) >= 11 is 3.36. The number of carbonyl (C=O) groups is 1. The zero-order valence-electron chi connectivity index (χ0n) is 12.4. The topological polar surface area (TPSA) is 71.7 Å². The number of hydrogen-bond acceptors (Lipinski definition) is 4. The molecule has 1 aromatic carbocycles. The van der Waals surface area contributed by atoms with Crippen molar-refractivity contribution in [3.63, 3.8) is 0 Å². The van der Waals surface area contributed by atoms with Crippen molar-refractivity contribution in [2.24, 2.45) is 0 Å². The van der Waals surface area contributed by atoms with Gasteiger partial charge in [0.25, 0.3) is 5.91 Å². The van der Waals surface area contributed by atoms with Crippen LogP contribution in [0.15, 0.2) is 45.5 Å². The van der Waals surface area contributed by atoms with Crippen molar-refractivity contribution in [3.05, 3.63) is 52.4 Å². The Morgan fingerprint density at radius 1 is 1.41 bits per heavy atom. The van der Waals surface area contributed by atoms with Crippen molar-refractivity contribution in [1.82, 2.24) is 5.32 Å². The third kappa shape index (κ3) is 4.35. The highest BCUT2D eigenvalue weighted by atomic mass is 79.9. The molecule has 0 radical (unpaired) electrons. The van der Waals surface area contributed by atoms with Crippen molar-refractivity contribution >= 4 is 21.8 Å². The number of furan rings is 1. The van der Waals surface area contributed by atoms with Gasteiger partial charge < -0.3 is 19.6 Å². The number of carbonyl (C=O) groups excluding carboxylic acids is 1. The molecule has 0 spiro atoms. The van der Waals surface area contributed by atoms with Gasteiger partial charge in [-0.05, 0) is 44.2 Å². The Kier molecular flexibility index (Phi) is 5.63. The van der Waals surface area contributed by atoms with Crippen LogP contribution >= 0.6 is 15.9 Å². The van der Waals surface area contributed by atoms with Crippen LogP contribution in [0.5, 0.6) is 5.75 Å². The largest absolute Gasteiger partial charge is 0.490 e. The molecule has 1 unspecified atom stereocenters. The van der Waals surface area contributed by atoms with Crippen molar-refractivity contribution in [1.29, 1.82) is 0 Å². The molecule has 0 aliphatic carbocycles. The van der Waals surface area contributed by atoms with E-state index in [1.807, 2.05) is 13.8 Å². The van der Waals surface area contributed by atoms with Gasteiger partial charge in [-0.15, -0.1) is 0 Å². The summed E-state index contributed by atoms with van der Waals surface area (Å²) in [6, 6.07) is 8.53. The summed E-state index contributed by atoms with van der Waals surface area (Å²) in [7, 11) is 0. The predicted octanol–water partition coefficient (Wildman–Crippen LogP) is 3.29. The summed E-state index contributed by atoms with van der Waals surface area (Å²) in [6.45, 7) is 3.84. The van der Waals surface area contributed by atoms with Crippen LogP contribution in [0, 0.1) is 0 Å². The van der Waals surface area contributed by atoms with Crippen LogP contribution in [0.4, 0.5) is 0 Å². The molecule has 5 nitrogen and oxygen atoms in total. The Hall–Kier alpha value is -1.79. The van der Waals surface area contributed by atoms with E-state index in [1.54, 1.807) is 30.3 Å². The fraction of sp³-hybridized carbons (Fsp3) is 0.312. The molecule has 2 N–H and O–H groups in total. The first kappa shape index (κ1) is 16.6. The van der Waals surface area contributed by atoms with E-state index in [0.29, 0.717) is 17.1 Å². The zero-order valence-corrected chi connectivity index (χ0v) is 14.0. The minimum atomic E-state index is -0.885. The van der Waals surface area contributed by atoms with Crippen LogP contribution in [0.1, 0.15) is 36.1 Å². The van der Waals surface area contributed by atoms with E-state index in [2.05, 4.69) is 21.2 Å². The molecule has 0 aliphatic rings. The van der Waals surface area contributed by atoms with E-state index in [1.165, 1.54) is 6.26 Å². The second-order valence-electron chi connectivity index (χ2n) is 5.05. The summed E-state index contributed by atoms with van der Waals surface area (Å²) in [5, 5.41) is 12.6. The molecular weight excluding hydrogens is 350 g/mol. The summed E-state index contributed by atoms with van der Waals surface area (Å²) in [5.74, 6) is 0.595. The van der Waals surface area contributed by atoms with Crippen LogP contribution in [0.25, 0.3) is 0 Å². The molecule has 2 aromatic rings. The van der Waals surface area contributed by atoms with Crippen LogP contribution in [-0.2, 0) is 0 Å². The standard InChI is InChI=1S/C16H18BrNO4/c1-10(2)22-15-8-11(17)5-6-12(15)16(20)18-9-13(19)14-4-3-7-21-14/h3-8,10,13,19H,9H2,1-2H3,(H,18,20). The number of amides is 1. The van der Waals surface area contributed by atoms with Gasteiger partial charge in [0, 0.05) is 4.47 Å². The van der Waals surface area contributed by atoms with Crippen molar-refractivity contribution in [2.75, 3.05) is 6.54 Å². The maximum atomic E-state index is 12.3. The van der Waals surface area contributed by atoms with Gasteiger partial charge in [0.2, 0.25) is 0 Å². The van der Waals surface area contributed by atoms with Crippen molar-refractivity contribution in [2.45, 2.75) is 26.1 Å². The van der Waals surface area contributed by atoms with Crippen molar-refractivity contribution < 1.29 is 19.1 Å². The predicted molar refractivity (Wildman–Crippen MR) is 85.9 cm³/mol. The molecule has 0 bridgehead atoms. The first-order valence-electron chi connectivity index (χ1n) is 6.93. The molecule has 0 saturated heterocycles. The maximum Gasteiger partial charge on any atom is 0.255 e. The summed E-state index contributed by atoms with van der Waals surface area (Å²) in [4.78, 5) is 12.3. The van der Waals surface area contributed by atoms with E-state index >= 15 is 0 Å². The minimum absolute atomic E-state index is 0.0467. The number of aliphatic hydroxyl groups is 1. The lowest BCUT2D eigenvalue weighted by Gasteiger charge is -2.15. The third-order valence-corrected chi connectivity index (χ3v) is 3.37. The minimum Gasteiger partial charge on any atom is -0.490 e. The quantitative estimate of drug-likeness (QED) is 0.821. The molecule has 1 amide bonds. The SMILES string of the molecule is CC(C)Oc1cc(Br)ccc1C(=O)NCC(O)c1ccco1. The van der Waals surface area contributed by atoms with Crippen LogP contribution in [-0.4, -0.2) is 23.7 Å². The highest BCUT2D eigenvalue weighted by Gasteiger charge is 2.17. The highest BCUT2D eigenvalue weighted by Crippen LogP contribution is 2.25. The highest BCUT2D eigenvalue weighted by molar-refractivity contribution is 9.10. The average Bonchev–Trinajstić information content (AvgIpc) is 2.98. The molecule has 0 fully saturated rings. The van der Waals surface area contributed by atoms with Crippen LogP contribution in [0.3, 0.4) is 0 Å². The fourth-order valence-electron chi connectivity index (χ4n) is 1.90. The van der Waals surface area contributed by atoms with E-state index < -0.39 is 6.10 Å². The molecule has 1 atom stereocenters. The number of hydrogen-bond donors (Lipinski definition) is 2. The first-order chi connectivity index (χ1) is 10.5. The lowest BCUT2D eigenvalue weighted by atomic mass is 10.1. The van der Waals surface area contributed by atoms with Gasteiger partial charge in [-0.2, -0.15) is 0 Å². The second kappa shape index (κ2) is 7.47. The third-order valence-electron chi connectivity index (χ3n) is 2.88. The average molecular weight is 368 g/mol.